The van der Waals surface area contributed by atoms with Gasteiger partial charge in [-0.3, -0.25) is 4.79 Å². The molecule has 24 heavy (non-hydrogen) atoms. The minimum atomic E-state index is -0.121. The largest absolute Gasteiger partial charge is 0.466 e. The summed E-state index contributed by atoms with van der Waals surface area (Å²) < 4.78 is 10.7. The van der Waals surface area contributed by atoms with Crippen LogP contribution in [0.4, 0.5) is 0 Å². The van der Waals surface area contributed by atoms with E-state index >= 15 is 0 Å². The maximum absolute atomic E-state index is 11.8. The maximum Gasteiger partial charge on any atom is 0.251 e. The number of H-pyrrole nitrogens is 1. The Kier molecular flexibility index (Phi) is 6.10. The number of hydrogen-bond donors (Lipinski definition) is 1. The Morgan fingerprint density at radius 2 is 2.21 bits per heavy atom. The van der Waals surface area contributed by atoms with Gasteiger partial charge < -0.3 is 14.5 Å². The average Bonchev–Trinajstić information content (AvgIpc) is 2.58. The highest BCUT2D eigenvalue weighted by atomic mass is 35.5. The van der Waals surface area contributed by atoms with Gasteiger partial charge in [-0.2, -0.15) is 11.8 Å². The number of halogens is 1. The summed E-state index contributed by atoms with van der Waals surface area (Å²) in [5.74, 6) is 3.09. The number of aromatic nitrogens is 2. The van der Waals surface area contributed by atoms with Crippen LogP contribution in [-0.2, 0) is 22.8 Å². The first kappa shape index (κ1) is 17.7. The van der Waals surface area contributed by atoms with Crippen molar-refractivity contribution in [3.8, 4) is 5.75 Å². The highest BCUT2D eigenvalue weighted by Crippen LogP contribution is 2.34. The topological polar surface area (TPSA) is 64.2 Å². The summed E-state index contributed by atoms with van der Waals surface area (Å²) in [5.41, 5.74) is 2.66. The van der Waals surface area contributed by atoms with E-state index in [0.717, 1.165) is 28.3 Å². The van der Waals surface area contributed by atoms with Crippen molar-refractivity contribution in [3.05, 3.63) is 50.4 Å². The number of rotatable bonds is 6. The molecule has 0 fully saturated rings. The quantitative estimate of drug-likeness (QED) is 0.603. The number of aromatic amines is 1. The van der Waals surface area contributed by atoms with Gasteiger partial charge in [0.15, 0.2) is 11.9 Å². The average molecular weight is 385 g/mol. The van der Waals surface area contributed by atoms with Gasteiger partial charge in [0.1, 0.15) is 5.75 Å². The molecule has 0 bridgehead atoms. The zero-order valence-electron chi connectivity index (χ0n) is 13.1. The van der Waals surface area contributed by atoms with E-state index in [2.05, 4.69) is 16.9 Å². The highest BCUT2D eigenvalue weighted by Gasteiger charge is 2.16. The van der Waals surface area contributed by atoms with Crippen LogP contribution >= 0.6 is 35.1 Å². The van der Waals surface area contributed by atoms with Crippen LogP contribution in [0.25, 0.3) is 0 Å². The van der Waals surface area contributed by atoms with Crippen LogP contribution in [0.5, 0.6) is 5.75 Å². The second-order valence-corrected chi connectivity index (χ2v) is 7.79. The van der Waals surface area contributed by atoms with Gasteiger partial charge in [0, 0.05) is 23.1 Å². The van der Waals surface area contributed by atoms with Crippen molar-refractivity contribution in [2.45, 2.75) is 30.2 Å². The van der Waals surface area contributed by atoms with Crippen molar-refractivity contribution >= 4 is 35.1 Å². The molecule has 1 aliphatic heterocycles. The van der Waals surface area contributed by atoms with Crippen LogP contribution in [0.1, 0.15) is 23.7 Å². The minimum Gasteiger partial charge on any atom is -0.466 e. The molecular formula is C16H17ClN2O3S2. The monoisotopic (exact) mass is 384 g/mol. The fraction of sp³-hybridized carbons (Fsp3) is 0.375. The standard InChI is InChI=1S/C16H17ClN2O3S2/c1-2-23-8-12-5-14(20)19-16(18-12)24-7-10-3-11-6-21-9-22-15(11)13(17)4-10/h3-5H,2,6-9H2,1H3,(H,18,19,20). The van der Waals surface area contributed by atoms with Crippen molar-refractivity contribution in [3.63, 3.8) is 0 Å². The molecule has 5 nitrogen and oxygen atoms in total. The van der Waals surface area contributed by atoms with E-state index in [0.29, 0.717) is 28.3 Å². The summed E-state index contributed by atoms with van der Waals surface area (Å²) in [6.07, 6.45) is 0. The Labute approximate surface area is 153 Å². The van der Waals surface area contributed by atoms with Crippen LogP contribution in [0.2, 0.25) is 5.02 Å². The van der Waals surface area contributed by atoms with Gasteiger partial charge >= 0.3 is 0 Å². The third-order valence-corrected chi connectivity index (χ3v) is 5.46. The van der Waals surface area contributed by atoms with Crippen molar-refractivity contribution in [1.29, 1.82) is 0 Å². The predicted octanol–water partition coefficient (Wildman–Crippen LogP) is 3.84. The van der Waals surface area contributed by atoms with Crippen LogP contribution < -0.4 is 10.3 Å². The van der Waals surface area contributed by atoms with Crippen LogP contribution in [-0.4, -0.2) is 22.5 Å². The SMILES string of the molecule is CCSCc1cc(=O)[nH]c(SCc2cc(Cl)c3c(c2)COCO3)n1. The van der Waals surface area contributed by atoms with Crippen LogP contribution in [0.15, 0.2) is 28.2 Å². The first-order chi connectivity index (χ1) is 11.7. The lowest BCUT2D eigenvalue weighted by molar-refractivity contribution is -0.0163. The number of benzene rings is 1. The van der Waals surface area contributed by atoms with Crippen molar-refractivity contribution < 1.29 is 9.47 Å². The van der Waals surface area contributed by atoms with Crippen LogP contribution in [0, 0.1) is 0 Å². The minimum absolute atomic E-state index is 0.121. The number of ether oxygens (including phenoxy) is 2. The van der Waals surface area contributed by atoms with Crippen molar-refractivity contribution in [1.82, 2.24) is 9.97 Å². The molecule has 0 aliphatic carbocycles. The second-order valence-electron chi connectivity index (χ2n) is 5.14. The lowest BCUT2D eigenvalue weighted by Gasteiger charge is -2.19. The molecule has 1 aromatic carbocycles. The third-order valence-electron chi connectivity index (χ3n) is 3.33. The molecular weight excluding hydrogens is 368 g/mol. The van der Waals surface area contributed by atoms with Crippen LogP contribution in [0.3, 0.4) is 0 Å². The molecule has 0 radical (unpaired) electrons. The molecule has 0 amide bonds. The summed E-state index contributed by atoms with van der Waals surface area (Å²) in [5, 5.41) is 1.21. The first-order valence-corrected chi connectivity index (χ1v) is 10.00. The number of hydrogen-bond acceptors (Lipinski definition) is 6. The number of nitrogens with one attached hydrogen (secondary N) is 1. The fourth-order valence-corrected chi connectivity index (χ4v) is 4.00. The molecule has 3 rings (SSSR count). The van der Waals surface area contributed by atoms with Crippen molar-refractivity contribution in [2.24, 2.45) is 0 Å². The lowest BCUT2D eigenvalue weighted by Crippen LogP contribution is -2.12. The Hall–Kier alpha value is -1.15. The molecule has 0 saturated heterocycles. The summed E-state index contributed by atoms with van der Waals surface area (Å²) in [4.78, 5) is 19.0. The molecule has 1 aliphatic rings. The zero-order valence-corrected chi connectivity index (χ0v) is 15.5. The highest BCUT2D eigenvalue weighted by molar-refractivity contribution is 7.98. The predicted molar refractivity (Wildman–Crippen MR) is 98.0 cm³/mol. The first-order valence-electron chi connectivity index (χ1n) is 7.48. The second kappa shape index (κ2) is 8.29. The molecule has 1 aromatic heterocycles. The summed E-state index contributed by atoms with van der Waals surface area (Å²) in [6, 6.07) is 5.45. The lowest BCUT2D eigenvalue weighted by atomic mass is 10.1. The molecule has 8 heteroatoms. The molecule has 1 N–H and O–H groups in total. The van der Waals surface area contributed by atoms with Crippen molar-refractivity contribution in [2.75, 3.05) is 12.5 Å². The van der Waals surface area contributed by atoms with E-state index in [-0.39, 0.29) is 12.4 Å². The molecule has 0 spiro atoms. The molecule has 2 heterocycles. The molecule has 0 atom stereocenters. The van der Waals surface area contributed by atoms with E-state index < -0.39 is 0 Å². The van der Waals surface area contributed by atoms with Gasteiger partial charge in [-0.05, 0) is 23.4 Å². The summed E-state index contributed by atoms with van der Waals surface area (Å²) >= 11 is 9.49. The summed E-state index contributed by atoms with van der Waals surface area (Å²) in [7, 11) is 0. The van der Waals surface area contributed by atoms with E-state index in [1.807, 2.05) is 12.1 Å². The maximum atomic E-state index is 11.8. The Morgan fingerprint density at radius 1 is 1.33 bits per heavy atom. The molecule has 0 saturated carbocycles. The number of nitrogens with zero attached hydrogens (tertiary/aromatic N) is 1. The number of fused-ring (bicyclic) bond motifs is 1. The van der Waals surface area contributed by atoms with E-state index in [1.165, 1.54) is 11.8 Å². The molecule has 128 valence electrons. The number of thioether (sulfide) groups is 2. The zero-order chi connectivity index (χ0) is 16.9. The Balaban J connectivity index is 1.73. The molecule has 2 aromatic rings. The van der Waals surface area contributed by atoms with Gasteiger partial charge in [-0.15, -0.1) is 0 Å². The smallest absolute Gasteiger partial charge is 0.251 e. The van der Waals surface area contributed by atoms with Gasteiger partial charge in [-0.25, -0.2) is 4.98 Å². The normalized spacial score (nSPS) is 13.4. The summed E-state index contributed by atoms with van der Waals surface area (Å²) in [6.45, 7) is 2.81. The van der Waals surface area contributed by atoms with Gasteiger partial charge in [0.2, 0.25) is 0 Å². The third kappa shape index (κ3) is 4.47. The Morgan fingerprint density at radius 3 is 3.04 bits per heavy atom. The van der Waals surface area contributed by atoms with Gasteiger partial charge in [0.25, 0.3) is 5.56 Å². The Bertz CT molecular complexity index is 782. The molecule has 0 unspecified atom stereocenters. The van der Waals surface area contributed by atoms with Gasteiger partial charge in [-0.1, -0.05) is 30.3 Å². The van der Waals surface area contributed by atoms with Gasteiger partial charge in [0.05, 0.1) is 17.3 Å². The fourth-order valence-electron chi connectivity index (χ4n) is 2.30. The van der Waals surface area contributed by atoms with E-state index in [1.54, 1.807) is 17.8 Å². The van der Waals surface area contributed by atoms with E-state index in [9.17, 15) is 4.79 Å². The van der Waals surface area contributed by atoms with E-state index in [4.69, 9.17) is 21.1 Å².